The van der Waals surface area contributed by atoms with Crippen LogP contribution < -0.4 is 31.1 Å². The summed E-state index contributed by atoms with van der Waals surface area (Å²) in [6.07, 6.45) is 1.72. The molecule has 0 aliphatic carbocycles. The van der Waals surface area contributed by atoms with Crippen LogP contribution in [-0.2, 0) is 25.4 Å². The minimum atomic E-state index is -4.16. The molecule has 0 unspecified atom stereocenters. The van der Waals surface area contributed by atoms with E-state index in [0.29, 0.717) is 37.3 Å². The van der Waals surface area contributed by atoms with Gasteiger partial charge in [0.25, 0.3) is 0 Å². The van der Waals surface area contributed by atoms with Gasteiger partial charge in [0.1, 0.15) is 23.6 Å². The second kappa shape index (κ2) is 16.5. The number of rotatable bonds is 15. The van der Waals surface area contributed by atoms with Crippen LogP contribution in [0.2, 0.25) is 0 Å². The molecule has 1 fully saturated rings. The fraction of sp³-hybridized carbons (Fsp3) is 0.333. The fourth-order valence-electron chi connectivity index (χ4n) is 5.26. The molecule has 1 heterocycles. The van der Waals surface area contributed by atoms with Gasteiger partial charge >= 0.3 is 7.60 Å². The summed E-state index contributed by atoms with van der Waals surface area (Å²) in [5.41, 5.74) is 11.9. The molecule has 3 aromatic carbocycles. The Morgan fingerprint density at radius 1 is 0.913 bits per heavy atom. The van der Waals surface area contributed by atoms with Gasteiger partial charge in [-0.3, -0.25) is 19.4 Å². The van der Waals surface area contributed by atoms with Crippen LogP contribution in [0.4, 0.5) is 0 Å². The van der Waals surface area contributed by atoms with Crippen molar-refractivity contribution in [2.45, 2.75) is 56.9 Å². The Balaban J connectivity index is 1.60. The number of carbonyl (C=O) groups excluding carboxylic acids is 3. The molecule has 0 spiro atoms. The van der Waals surface area contributed by atoms with E-state index in [9.17, 15) is 18.9 Å². The molecule has 0 radical (unpaired) electrons. The predicted molar refractivity (Wildman–Crippen MR) is 176 cm³/mol. The first-order chi connectivity index (χ1) is 22.1. The molecule has 12 nitrogen and oxygen atoms in total. The third-order valence-corrected chi connectivity index (χ3v) is 9.45. The number of guanidine groups is 1. The van der Waals surface area contributed by atoms with Gasteiger partial charge in [0.05, 0.1) is 0 Å². The summed E-state index contributed by atoms with van der Waals surface area (Å²) < 4.78 is 26.8. The van der Waals surface area contributed by atoms with Crippen LogP contribution in [0.25, 0.3) is 0 Å². The summed E-state index contributed by atoms with van der Waals surface area (Å²) >= 11 is 0. The normalized spacial score (nSPS) is 15.7. The molecule has 0 bridgehead atoms. The third kappa shape index (κ3) is 9.84. The van der Waals surface area contributed by atoms with Gasteiger partial charge in [0.2, 0.25) is 17.7 Å². The number of nitrogens with zero attached hydrogens (tertiary/aromatic N) is 2. The molecular formula is C33H41N6O6P. The Bertz CT molecular complexity index is 1480. The zero-order chi connectivity index (χ0) is 32.9. The molecule has 46 heavy (non-hydrogen) atoms. The summed E-state index contributed by atoms with van der Waals surface area (Å²) in [4.78, 5) is 45.4. The molecule has 3 amide bonds. The molecular weight excluding hydrogens is 607 g/mol. The van der Waals surface area contributed by atoms with E-state index in [4.69, 9.17) is 20.5 Å². The van der Waals surface area contributed by atoms with Crippen LogP contribution in [-0.4, -0.2) is 59.5 Å². The van der Waals surface area contributed by atoms with Gasteiger partial charge in [0.15, 0.2) is 11.7 Å². The maximum atomic E-state index is 14.7. The molecule has 3 aromatic rings. The number of para-hydroxylation sites is 2. The van der Waals surface area contributed by atoms with Crippen LogP contribution in [0, 0.1) is 0 Å². The molecule has 0 saturated carbocycles. The Hall–Kier alpha value is -4.83. The Morgan fingerprint density at radius 3 is 2.02 bits per heavy atom. The van der Waals surface area contributed by atoms with Crippen LogP contribution >= 0.6 is 7.60 Å². The number of likely N-dealkylation sites (tertiary alicyclic amines) is 1. The van der Waals surface area contributed by atoms with E-state index in [1.807, 2.05) is 30.3 Å². The second-order valence-electron chi connectivity index (χ2n) is 11.0. The molecule has 1 aliphatic heterocycles. The lowest BCUT2D eigenvalue weighted by atomic mass is 10.0. The first-order valence-electron chi connectivity index (χ1n) is 15.2. The van der Waals surface area contributed by atoms with Crippen molar-refractivity contribution in [3.05, 3.63) is 96.6 Å². The van der Waals surface area contributed by atoms with E-state index in [2.05, 4.69) is 15.6 Å². The molecule has 0 aromatic heterocycles. The van der Waals surface area contributed by atoms with Crippen molar-refractivity contribution in [1.29, 1.82) is 0 Å². The van der Waals surface area contributed by atoms with E-state index in [0.717, 1.165) is 5.56 Å². The first kappa shape index (κ1) is 34.1. The number of hydrogen-bond acceptors (Lipinski definition) is 7. The standard InChI is InChI=1S/C33H41N6O6P/c1-24(40)37-28(23-25-13-5-2-6-14-25)32(42)39-22-12-19-29(39)31(41)38-30(20-11-21-36-33(34)35)46(43,44-26-15-7-3-8-16-26)45-27-17-9-4-10-18-27/h2-10,13-18,28-30H,11-12,19-23H2,1H3,(H,37,40)(H,38,41)(H4,34,35,36)/t28-,29+,30+/m1/s1. The van der Waals surface area contributed by atoms with Crippen molar-refractivity contribution in [2.24, 2.45) is 16.5 Å². The average Bonchev–Trinajstić information content (AvgIpc) is 3.53. The van der Waals surface area contributed by atoms with Gasteiger partial charge in [-0.05, 0) is 55.5 Å². The number of hydrogen-bond donors (Lipinski definition) is 4. The number of nitrogens with two attached hydrogens (primary N) is 2. The van der Waals surface area contributed by atoms with E-state index in [1.54, 1.807) is 60.7 Å². The van der Waals surface area contributed by atoms with Crippen molar-refractivity contribution in [3.8, 4) is 11.5 Å². The zero-order valence-electron chi connectivity index (χ0n) is 25.8. The van der Waals surface area contributed by atoms with Gasteiger partial charge in [-0.2, -0.15) is 0 Å². The maximum absolute atomic E-state index is 14.7. The zero-order valence-corrected chi connectivity index (χ0v) is 26.7. The number of aliphatic imine (C=N–C) groups is 1. The quantitative estimate of drug-likeness (QED) is 0.0836. The first-order valence-corrected chi connectivity index (χ1v) is 16.8. The highest BCUT2D eigenvalue weighted by Crippen LogP contribution is 2.53. The monoisotopic (exact) mass is 648 g/mol. The van der Waals surface area contributed by atoms with Crippen molar-refractivity contribution in [2.75, 3.05) is 13.1 Å². The fourth-order valence-corrected chi connectivity index (χ4v) is 7.17. The third-order valence-electron chi connectivity index (χ3n) is 7.37. The average molecular weight is 649 g/mol. The highest BCUT2D eigenvalue weighted by Gasteiger charge is 2.44. The number of carbonyl (C=O) groups is 3. The van der Waals surface area contributed by atoms with Crippen LogP contribution in [0.15, 0.2) is 96.0 Å². The summed E-state index contributed by atoms with van der Waals surface area (Å²) in [5.74, 6) is -1.86. The smallest absolute Gasteiger partial charge is 0.415 e. The molecule has 3 atom stereocenters. The van der Waals surface area contributed by atoms with Crippen molar-refractivity contribution in [1.82, 2.24) is 15.5 Å². The summed E-state index contributed by atoms with van der Waals surface area (Å²) in [5, 5.41) is 5.65. The van der Waals surface area contributed by atoms with Gasteiger partial charge in [0, 0.05) is 26.4 Å². The predicted octanol–water partition coefficient (Wildman–Crippen LogP) is 3.57. The molecule has 1 saturated heterocycles. The molecule has 13 heteroatoms. The Morgan fingerprint density at radius 2 is 1.48 bits per heavy atom. The summed E-state index contributed by atoms with van der Waals surface area (Å²) in [7, 11) is -4.16. The minimum absolute atomic E-state index is 0.0887. The number of nitrogens with one attached hydrogen (secondary N) is 2. The molecule has 6 N–H and O–H groups in total. The van der Waals surface area contributed by atoms with Crippen LogP contribution in [0.3, 0.4) is 0 Å². The molecule has 1 aliphatic rings. The summed E-state index contributed by atoms with van der Waals surface area (Å²) in [6, 6.07) is 24.7. The Kier molecular flexibility index (Phi) is 12.2. The van der Waals surface area contributed by atoms with Crippen molar-refractivity contribution in [3.63, 3.8) is 0 Å². The molecule has 4 rings (SSSR count). The number of amides is 3. The molecule has 244 valence electrons. The van der Waals surface area contributed by atoms with E-state index in [-0.39, 0.29) is 37.2 Å². The van der Waals surface area contributed by atoms with Gasteiger partial charge in [-0.15, -0.1) is 0 Å². The van der Waals surface area contributed by atoms with E-state index in [1.165, 1.54) is 11.8 Å². The van der Waals surface area contributed by atoms with Crippen molar-refractivity contribution < 1.29 is 28.0 Å². The van der Waals surface area contributed by atoms with Gasteiger partial charge in [-0.25, -0.2) is 4.57 Å². The van der Waals surface area contributed by atoms with Gasteiger partial charge in [-0.1, -0.05) is 66.7 Å². The topological polar surface area (TPSA) is 178 Å². The van der Waals surface area contributed by atoms with E-state index < -0.39 is 31.4 Å². The van der Waals surface area contributed by atoms with Crippen molar-refractivity contribution >= 4 is 31.3 Å². The lowest BCUT2D eigenvalue weighted by molar-refractivity contribution is -0.141. The maximum Gasteiger partial charge on any atom is 0.452 e. The highest BCUT2D eigenvalue weighted by molar-refractivity contribution is 7.55. The minimum Gasteiger partial charge on any atom is -0.415 e. The highest BCUT2D eigenvalue weighted by atomic mass is 31.2. The van der Waals surface area contributed by atoms with E-state index >= 15 is 0 Å². The summed E-state index contributed by atoms with van der Waals surface area (Å²) in [6.45, 7) is 1.90. The lowest BCUT2D eigenvalue weighted by Gasteiger charge is -2.32. The second-order valence-corrected chi connectivity index (χ2v) is 13.0. The largest absolute Gasteiger partial charge is 0.452 e. The van der Waals surface area contributed by atoms with Crippen LogP contribution in [0.1, 0.15) is 38.2 Å². The van der Waals surface area contributed by atoms with Crippen LogP contribution in [0.5, 0.6) is 11.5 Å². The Labute approximate surface area is 269 Å². The number of benzene rings is 3. The van der Waals surface area contributed by atoms with Gasteiger partial charge < -0.3 is 36.0 Å². The lowest BCUT2D eigenvalue weighted by Crippen LogP contribution is -2.55. The SMILES string of the molecule is CC(=O)N[C@H](Cc1ccccc1)C(=O)N1CCC[C@H]1C(=O)N[C@H](CCCN=C(N)N)P(=O)(Oc1ccccc1)Oc1ccccc1.